The van der Waals surface area contributed by atoms with Crippen LogP contribution in [0.4, 0.5) is 32.0 Å². The topological polar surface area (TPSA) is 38.3 Å². The minimum Gasteiger partial charge on any atom is -0.484 e. The first kappa shape index (κ1) is 18.6. The Balaban J connectivity index is 1.98. The van der Waals surface area contributed by atoms with Crippen LogP contribution < -0.4 is 10.1 Å². The predicted octanol–water partition coefficient (Wildman–Crippen LogP) is 4.90. The summed E-state index contributed by atoms with van der Waals surface area (Å²) >= 11 is 0. The fraction of sp³-hybridized carbons (Fsp3) is 0.188. The fourth-order valence-corrected chi connectivity index (χ4v) is 1.81. The van der Waals surface area contributed by atoms with E-state index in [1.54, 1.807) is 0 Å². The van der Waals surface area contributed by atoms with Crippen LogP contribution in [0.5, 0.6) is 5.75 Å². The molecule has 0 aliphatic heterocycles. The molecule has 1 N–H and O–H groups in total. The second kappa shape index (κ2) is 7.04. The molecule has 1 amide bonds. The highest BCUT2D eigenvalue weighted by Crippen LogP contribution is 2.29. The zero-order chi connectivity index (χ0) is 18.7. The molecule has 0 radical (unpaired) electrons. The lowest BCUT2D eigenvalue weighted by Crippen LogP contribution is -2.19. The largest absolute Gasteiger partial charge is 0.484 e. The van der Waals surface area contributed by atoms with Gasteiger partial charge in [-0.05, 0) is 48.5 Å². The molecule has 9 heteroatoms. The second-order valence-corrected chi connectivity index (χ2v) is 4.96. The SMILES string of the molecule is O=C(Nc1ccc(OCC(F)(F)F)cc1)c1ccc(C(F)(F)F)cc1. The van der Waals surface area contributed by atoms with Gasteiger partial charge >= 0.3 is 12.4 Å². The summed E-state index contributed by atoms with van der Waals surface area (Å²) in [5.74, 6) is -0.692. The highest BCUT2D eigenvalue weighted by molar-refractivity contribution is 6.04. The number of amides is 1. The molecule has 134 valence electrons. The van der Waals surface area contributed by atoms with E-state index in [0.717, 1.165) is 24.3 Å². The van der Waals surface area contributed by atoms with Gasteiger partial charge in [-0.2, -0.15) is 26.3 Å². The van der Waals surface area contributed by atoms with E-state index in [4.69, 9.17) is 0 Å². The fourth-order valence-electron chi connectivity index (χ4n) is 1.81. The van der Waals surface area contributed by atoms with Crippen LogP contribution in [0, 0.1) is 0 Å². The lowest BCUT2D eigenvalue weighted by molar-refractivity contribution is -0.153. The van der Waals surface area contributed by atoms with Crippen molar-refractivity contribution >= 4 is 11.6 Å². The van der Waals surface area contributed by atoms with E-state index in [1.165, 1.54) is 24.3 Å². The van der Waals surface area contributed by atoms with E-state index in [1.807, 2.05) is 0 Å². The number of hydrogen-bond donors (Lipinski definition) is 1. The first-order valence-electron chi connectivity index (χ1n) is 6.83. The second-order valence-electron chi connectivity index (χ2n) is 4.96. The van der Waals surface area contributed by atoms with E-state index >= 15 is 0 Å². The van der Waals surface area contributed by atoms with Crippen LogP contribution in [0.15, 0.2) is 48.5 Å². The van der Waals surface area contributed by atoms with Crippen LogP contribution in [-0.2, 0) is 6.18 Å². The smallest absolute Gasteiger partial charge is 0.422 e. The predicted molar refractivity (Wildman–Crippen MR) is 77.4 cm³/mol. The average molecular weight is 363 g/mol. The minimum absolute atomic E-state index is 0.00500. The van der Waals surface area contributed by atoms with Crippen LogP contribution in [0.2, 0.25) is 0 Å². The Hall–Kier alpha value is -2.71. The maximum absolute atomic E-state index is 12.5. The Labute approximate surface area is 138 Å². The van der Waals surface area contributed by atoms with Crippen molar-refractivity contribution < 1.29 is 35.9 Å². The molecule has 0 atom stereocenters. The number of anilines is 1. The van der Waals surface area contributed by atoms with Gasteiger partial charge < -0.3 is 10.1 Å². The molecule has 0 aliphatic rings. The number of carbonyl (C=O) groups excluding carboxylic acids is 1. The molecule has 3 nitrogen and oxygen atoms in total. The van der Waals surface area contributed by atoms with E-state index < -0.39 is 30.4 Å². The van der Waals surface area contributed by atoms with Gasteiger partial charge in [0.25, 0.3) is 5.91 Å². The summed E-state index contributed by atoms with van der Waals surface area (Å²) in [6, 6.07) is 8.70. The maximum atomic E-state index is 12.5. The van der Waals surface area contributed by atoms with E-state index in [0.29, 0.717) is 0 Å². The summed E-state index contributed by atoms with van der Waals surface area (Å²) in [5, 5.41) is 2.42. The molecule has 2 aromatic rings. The lowest BCUT2D eigenvalue weighted by atomic mass is 10.1. The third-order valence-electron chi connectivity index (χ3n) is 2.99. The number of carbonyl (C=O) groups is 1. The number of ether oxygens (including phenoxy) is 1. The van der Waals surface area contributed by atoms with E-state index in [-0.39, 0.29) is 17.0 Å². The Bertz CT molecular complexity index is 720. The lowest BCUT2D eigenvalue weighted by Gasteiger charge is -2.10. The first-order valence-corrected chi connectivity index (χ1v) is 6.83. The normalized spacial score (nSPS) is 11.9. The van der Waals surface area contributed by atoms with Gasteiger partial charge in [0.1, 0.15) is 5.75 Å². The van der Waals surface area contributed by atoms with Gasteiger partial charge in [0.2, 0.25) is 0 Å². The van der Waals surface area contributed by atoms with E-state index in [9.17, 15) is 31.1 Å². The Morgan fingerprint density at radius 1 is 0.880 bits per heavy atom. The van der Waals surface area contributed by atoms with Crippen LogP contribution >= 0.6 is 0 Å². The third kappa shape index (κ3) is 5.70. The van der Waals surface area contributed by atoms with Crippen LogP contribution in [-0.4, -0.2) is 18.7 Å². The summed E-state index contributed by atoms with van der Waals surface area (Å²) < 4.78 is 78.0. The summed E-state index contributed by atoms with van der Waals surface area (Å²) in [6.45, 7) is -1.44. The monoisotopic (exact) mass is 363 g/mol. The molecule has 0 saturated heterocycles. The standard InChI is InChI=1S/C16H11F6NO2/c17-15(18,19)9-25-13-7-5-12(6-8-13)23-14(24)10-1-3-11(4-2-10)16(20,21)22/h1-8H,9H2,(H,23,24). The van der Waals surface area contributed by atoms with Crippen molar-refractivity contribution in [3.63, 3.8) is 0 Å². The van der Waals surface area contributed by atoms with E-state index in [2.05, 4.69) is 10.1 Å². The summed E-state index contributed by atoms with van der Waals surface area (Å²) in [4.78, 5) is 11.9. The highest BCUT2D eigenvalue weighted by atomic mass is 19.4. The van der Waals surface area contributed by atoms with Crippen molar-refractivity contribution in [2.24, 2.45) is 0 Å². The number of halogens is 6. The summed E-state index contributed by atoms with van der Waals surface area (Å²) in [6.07, 6.45) is -8.96. The Morgan fingerprint density at radius 3 is 1.92 bits per heavy atom. The molecule has 0 bridgehead atoms. The molecule has 0 unspecified atom stereocenters. The van der Waals surface area contributed by atoms with Crippen LogP contribution in [0.25, 0.3) is 0 Å². The molecule has 25 heavy (non-hydrogen) atoms. The molecule has 2 aromatic carbocycles. The molecule has 0 saturated carbocycles. The molecule has 0 heterocycles. The highest BCUT2D eigenvalue weighted by Gasteiger charge is 2.30. The number of benzene rings is 2. The average Bonchev–Trinajstić information content (AvgIpc) is 2.53. The van der Waals surface area contributed by atoms with Gasteiger partial charge in [-0.25, -0.2) is 0 Å². The molecular formula is C16H11F6NO2. The van der Waals surface area contributed by atoms with Crippen molar-refractivity contribution in [2.45, 2.75) is 12.4 Å². The Kier molecular flexibility index (Phi) is 5.24. The summed E-state index contributed by atoms with van der Waals surface area (Å²) in [5.41, 5.74) is -0.620. The molecule has 0 aromatic heterocycles. The minimum atomic E-state index is -4.50. The van der Waals surface area contributed by atoms with Gasteiger partial charge in [0, 0.05) is 11.3 Å². The van der Waals surface area contributed by atoms with Gasteiger partial charge in [0.15, 0.2) is 6.61 Å². The molecule has 0 aliphatic carbocycles. The van der Waals surface area contributed by atoms with Crippen molar-refractivity contribution in [2.75, 3.05) is 11.9 Å². The van der Waals surface area contributed by atoms with Crippen molar-refractivity contribution in [3.8, 4) is 5.75 Å². The number of alkyl halides is 6. The van der Waals surface area contributed by atoms with Gasteiger partial charge in [-0.1, -0.05) is 0 Å². The van der Waals surface area contributed by atoms with Crippen molar-refractivity contribution in [3.05, 3.63) is 59.7 Å². The maximum Gasteiger partial charge on any atom is 0.422 e. The van der Waals surface area contributed by atoms with Crippen LogP contribution in [0.3, 0.4) is 0 Å². The Morgan fingerprint density at radius 2 is 1.44 bits per heavy atom. The summed E-state index contributed by atoms with van der Waals surface area (Å²) in [7, 11) is 0. The number of nitrogens with one attached hydrogen (secondary N) is 1. The molecule has 0 spiro atoms. The quantitative estimate of drug-likeness (QED) is 0.785. The van der Waals surface area contributed by atoms with Gasteiger partial charge in [-0.3, -0.25) is 4.79 Å². The van der Waals surface area contributed by atoms with Crippen molar-refractivity contribution in [1.29, 1.82) is 0 Å². The van der Waals surface area contributed by atoms with Crippen LogP contribution in [0.1, 0.15) is 15.9 Å². The zero-order valence-corrected chi connectivity index (χ0v) is 12.4. The van der Waals surface area contributed by atoms with Crippen molar-refractivity contribution in [1.82, 2.24) is 0 Å². The van der Waals surface area contributed by atoms with Gasteiger partial charge in [0.05, 0.1) is 5.56 Å². The first-order chi connectivity index (χ1) is 11.5. The molecule has 0 fully saturated rings. The molecule has 2 rings (SSSR count). The molecular weight excluding hydrogens is 352 g/mol. The zero-order valence-electron chi connectivity index (χ0n) is 12.4. The third-order valence-corrected chi connectivity index (χ3v) is 2.99. The number of rotatable bonds is 4. The van der Waals surface area contributed by atoms with Gasteiger partial charge in [-0.15, -0.1) is 0 Å². The number of hydrogen-bond acceptors (Lipinski definition) is 2.